The molecule has 8 heteroatoms. The van der Waals surface area contributed by atoms with E-state index in [9.17, 15) is 13.2 Å². The molecule has 2 fully saturated rings. The van der Waals surface area contributed by atoms with E-state index in [2.05, 4.69) is 5.32 Å². The Hall–Kier alpha value is -1.31. The molecule has 138 valence electrons. The molecule has 1 aromatic carbocycles. The minimum atomic E-state index is -3.54. The minimum absolute atomic E-state index is 0.0737. The number of sulfonamides is 1. The summed E-state index contributed by atoms with van der Waals surface area (Å²) in [6.07, 6.45) is 5.65. The molecule has 1 saturated carbocycles. The molecule has 1 aliphatic carbocycles. The number of halogens is 1. The van der Waals surface area contributed by atoms with Gasteiger partial charge < -0.3 is 10.2 Å². The van der Waals surface area contributed by atoms with Gasteiger partial charge in [0.05, 0.1) is 4.90 Å². The summed E-state index contributed by atoms with van der Waals surface area (Å²) < 4.78 is 26.7. The third kappa shape index (κ3) is 4.46. The highest BCUT2D eigenvalue weighted by molar-refractivity contribution is 7.89. The number of carbonyl (C=O) groups excluding carboxylic acids is 1. The quantitative estimate of drug-likeness (QED) is 0.869. The summed E-state index contributed by atoms with van der Waals surface area (Å²) in [4.78, 5) is 14.3. The SMILES string of the molecule is O=C(NC1CCCCC1)N1CCN(S(=O)(=O)c2ccc(Cl)cc2)CC1. The molecule has 25 heavy (non-hydrogen) atoms. The number of nitrogens with one attached hydrogen (secondary N) is 1. The van der Waals surface area contributed by atoms with Crippen LogP contribution in [0.25, 0.3) is 0 Å². The maximum atomic E-state index is 12.7. The Morgan fingerprint density at radius 2 is 1.60 bits per heavy atom. The van der Waals surface area contributed by atoms with E-state index in [-0.39, 0.29) is 17.0 Å². The average Bonchev–Trinajstić information content (AvgIpc) is 2.63. The van der Waals surface area contributed by atoms with E-state index in [1.807, 2.05) is 0 Å². The van der Waals surface area contributed by atoms with Crippen LogP contribution in [0, 0.1) is 0 Å². The zero-order chi connectivity index (χ0) is 17.9. The smallest absolute Gasteiger partial charge is 0.317 e. The van der Waals surface area contributed by atoms with Crippen LogP contribution in [0.1, 0.15) is 32.1 Å². The van der Waals surface area contributed by atoms with E-state index in [1.54, 1.807) is 17.0 Å². The van der Waals surface area contributed by atoms with Gasteiger partial charge in [-0.3, -0.25) is 0 Å². The lowest BCUT2D eigenvalue weighted by molar-refractivity contribution is 0.166. The summed E-state index contributed by atoms with van der Waals surface area (Å²) >= 11 is 5.82. The fourth-order valence-electron chi connectivity index (χ4n) is 3.40. The van der Waals surface area contributed by atoms with Gasteiger partial charge in [-0.2, -0.15) is 4.31 Å². The largest absolute Gasteiger partial charge is 0.335 e. The van der Waals surface area contributed by atoms with Gasteiger partial charge in [0, 0.05) is 37.2 Å². The highest BCUT2D eigenvalue weighted by atomic mass is 35.5. The van der Waals surface area contributed by atoms with Gasteiger partial charge in [-0.1, -0.05) is 30.9 Å². The second kappa shape index (κ2) is 7.93. The number of carbonyl (C=O) groups is 1. The molecule has 0 spiro atoms. The van der Waals surface area contributed by atoms with Crippen molar-refractivity contribution in [3.8, 4) is 0 Å². The number of nitrogens with zero attached hydrogens (tertiary/aromatic N) is 2. The first-order valence-electron chi connectivity index (χ1n) is 8.78. The minimum Gasteiger partial charge on any atom is -0.335 e. The lowest BCUT2D eigenvalue weighted by Gasteiger charge is -2.35. The van der Waals surface area contributed by atoms with Gasteiger partial charge in [0.15, 0.2) is 0 Å². The molecule has 0 unspecified atom stereocenters. The predicted octanol–water partition coefficient (Wildman–Crippen LogP) is 2.69. The molecule has 1 N–H and O–H groups in total. The molecule has 2 amide bonds. The maximum absolute atomic E-state index is 12.7. The molecule has 0 atom stereocenters. The number of amides is 2. The maximum Gasteiger partial charge on any atom is 0.317 e. The molecule has 2 aliphatic rings. The van der Waals surface area contributed by atoms with Crippen molar-refractivity contribution >= 4 is 27.7 Å². The van der Waals surface area contributed by atoms with Gasteiger partial charge in [-0.25, -0.2) is 13.2 Å². The molecular formula is C17H24ClN3O3S. The van der Waals surface area contributed by atoms with Crippen molar-refractivity contribution in [2.75, 3.05) is 26.2 Å². The van der Waals surface area contributed by atoms with E-state index >= 15 is 0 Å². The normalized spacial score (nSPS) is 20.4. The Bertz CT molecular complexity index is 694. The second-order valence-electron chi connectivity index (χ2n) is 6.63. The monoisotopic (exact) mass is 385 g/mol. The summed E-state index contributed by atoms with van der Waals surface area (Å²) in [6.45, 7) is 1.43. The zero-order valence-corrected chi connectivity index (χ0v) is 15.7. The number of piperazine rings is 1. The molecule has 1 aromatic rings. The first kappa shape index (κ1) is 18.5. The third-order valence-electron chi connectivity index (χ3n) is 4.91. The molecule has 6 nitrogen and oxygen atoms in total. The topological polar surface area (TPSA) is 69.7 Å². The van der Waals surface area contributed by atoms with E-state index < -0.39 is 10.0 Å². The van der Waals surface area contributed by atoms with Crippen molar-refractivity contribution in [1.29, 1.82) is 0 Å². The van der Waals surface area contributed by atoms with Gasteiger partial charge in [0.2, 0.25) is 10.0 Å². The molecule has 0 aromatic heterocycles. The molecule has 0 radical (unpaired) electrons. The van der Waals surface area contributed by atoms with Crippen molar-refractivity contribution in [2.24, 2.45) is 0 Å². The molecular weight excluding hydrogens is 362 g/mol. The lowest BCUT2D eigenvalue weighted by Crippen LogP contribution is -2.54. The summed E-state index contributed by atoms with van der Waals surface area (Å²) in [5.41, 5.74) is 0. The van der Waals surface area contributed by atoms with E-state index in [4.69, 9.17) is 11.6 Å². The molecule has 3 rings (SSSR count). The Labute approximate surface area is 154 Å². The number of hydrogen-bond donors (Lipinski definition) is 1. The summed E-state index contributed by atoms with van der Waals surface area (Å²) in [5, 5.41) is 3.59. The van der Waals surface area contributed by atoms with Crippen molar-refractivity contribution in [3.63, 3.8) is 0 Å². The highest BCUT2D eigenvalue weighted by Gasteiger charge is 2.30. The zero-order valence-electron chi connectivity index (χ0n) is 14.2. The fraction of sp³-hybridized carbons (Fsp3) is 0.588. The highest BCUT2D eigenvalue weighted by Crippen LogP contribution is 2.21. The van der Waals surface area contributed by atoms with Gasteiger partial charge in [-0.05, 0) is 37.1 Å². The van der Waals surface area contributed by atoms with E-state index in [0.29, 0.717) is 31.2 Å². The van der Waals surface area contributed by atoms with Crippen LogP contribution < -0.4 is 5.32 Å². The van der Waals surface area contributed by atoms with Gasteiger partial charge >= 0.3 is 6.03 Å². The molecule has 1 saturated heterocycles. The third-order valence-corrected chi connectivity index (χ3v) is 7.07. The molecule has 1 heterocycles. The average molecular weight is 386 g/mol. The predicted molar refractivity (Wildman–Crippen MR) is 97.2 cm³/mol. The fourth-order valence-corrected chi connectivity index (χ4v) is 4.95. The Morgan fingerprint density at radius 1 is 1.00 bits per heavy atom. The van der Waals surface area contributed by atoms with Gasteiger partial charge in [-0.15, -0.1) is 0 Å². The van der Waals surface area contributed by atoms with Crippen molar-refractivity contribution in [1.82, 2.24) is 14.5 Å². The number of urea groups is 1. The molecule has 1 aliphatic heterocycles. The van der Waals surface area contributed by atoms with Crippen LogP contribution in [0.4, 0.5) is 4.79 Å². The van der Waals surface area contributed by atoms with Crippen molar-refractivity contribution < 1.29 is 13.2 Å². The Kier molecular flexibility index (Phi) is 5.86. The summed E-state index contributed by atoms with van der Waals surface area (Å²) in [6, 6.07) is 6.36. The van der Waals surface area contributed by atoms with Crippen LogP contribution in [0.3, 0.4) is 0 Å². The first-order chi connectivity index (χ1) is 12.0. The van der Waals surface area contributed by atoms with Crippen LogP contribution in [0.5, 0.6) is 0 Å². The van der Waals surface area contributed by atoms with Crippen LogP contribution in [0.2, 0.25) is 5.02 Å². The molecule has 0 bridgehead atoms. The van der Waals surface area contributed by atoms with E-state index in [0.717, 1.165) is 25.7 Å². The van der Waals surface area contributed by atoms with Crippen molar-refractivity contribution in [3.05, 3.63) is 29.3 Å². The van der Waals surface area contributed by atoms with Crippen molar-refractivity contribution in [2.45, 2.75) is 43.0 Å². The summed E-state index contributed by atoms with van der Waals surface area (Å²) in [7, 11) is -3.54. The van der Waals surface area contributed by atoms with Crippen LogP contribution in [-0.2, 0) is 10.0 Å². The standard InChI is InChI=1S/C17H24ClN3O3S/c18-14-6-8-16(9-7-14)25(23,24)21-12-10-20(11-13-21)17(22)19-15-4-2-1-3-5-15/h6-9,15H,1-5,10-13H2,(H,19,22). The van der Waals surface area contributed by atoms with Gasteiger partial charge in [0.1, 0.15) is 0 Å². The van der Waals surface area contributed by atoms with Crippen LogP contribution in [-0.4, -0.2) is 55.9 Å². The number of benzene rings is 1. The number of rotatable bonds is 3. The van der Waals surface area contributed by atoms with E-state index in [1.165, 1.54) is 22.9 Å². The van der Waals surface area contributed by atoms with Crippen LogP contribution >= 0.6 is 11.6 Å². The Balaban J connectivity index is 1.55. The lowest BCUT2D eigenvalue weighted by atomic mass is 9.96. The number of hydrogen-bond acceptors (Lipinski definition) is 3. The second-order valence-corrected chi connectivity index (χ2v) is 9.00. The first-order valence-corrected chi connectivity index (χ1v) is 10.6. The van der Waals surface area contributed by atoms with Crippen LogP contribution in [0.15, 0.2) is 29.2 Å². The Morgan fingerprint density at radius 3 is 2.20 bits per heavy atom. The van der Waals surface area contributed by atoms with Gasteiger partial charge in [0.25, 0.3) is 0 Å². The summed E-state index contributed by atoms with van der Waals surface area (Å²) in [5.74, 6) is 0.